The van der Waals surface area contributed by atoms with Crippen LogP contribution < -0.4 is 0 Å². The van der Waals surface area contributed by atoms with Crippen LogP contribution in [0, 0.1) is 0 Å². The quantitative estimate of drug-likeness (QED) is 0.244. The molecule has 8 nitrogen and oxygen atoms in total. The van der Waals surface area contributed by atoms with Crippen molar-refractivity contribution in [2.75, 3.05) is 0 Å². The van der Waals surface area contributed by atoms with Crippen LogP contribution >= 0.6 is 0 Å². The van der Waals surface area contributed by atoms with Crippen LogP contribution in [0.3, 0.4) is 0 Å². The van der Waals surface area contributed by atoms with Gasteiger partial charge in [-0.05, 0) is 12.1 Å². The first kappa shape index (κ1) is 14.1. The van der Waals surface area contributed by atoms with Crippen LogP contribution in [-0.2, 0) is 0 Å². The molecule has 2 aromatic carbocycles. The minimum Gasteiger partial charge on any atom is -0.504 e. The summed E-state index contributed by atoms with van der Waals surface area (Å²) in [5.74, 6) is -7.58. The van der Waals surface area contributed by atoms with E-state index in [1.807, 2.05) is 0 Å². The first-order chi connectivity index (χ1) is 9.75. The zero-order chi connectivity index (χ0) is 15.9. The summed E-state index contributed by atoms with van der Waals surface area (Å²) in [7, 11) is 0. The van der Waals surface area contributed by atoms with Gasteiger partial charge in [-0.3, -0.25) is 4.79 Å². The van der Waals surface area contributed by atoms with Gasteiger partial charge in [0.05, 0.1) is 5.56 Å². The monoisotopic (exact) mass is 294 g/mol. The molecule has 2 rings (SSSR count). The fraction of sp³-hybridized carbons (Fsp3) is 0. The number of benzene rings is 2. The number of aromatic hydroxyl groups is 7. The van der Waals surface area contributed by atoms with Gasteiger partial charge in [0.2, 0.25) is 11.5 Å². The third-order valence-corrected chi connectivity index (χ3v) is 2.83. The Morgan fingerprint density at radius 3 is 1.71 bits per heavy atom. The number of phenolic OH excluding ortho intramolecular Hbond substituents is 7. The number of hydrogen-bond acceptors (Lipinski definition) is 8. The van der Waals surface area contributed by atoms with Crippen LogP contribution in [0.5, 0.6) is 40.2 Å². The highest BCUT2D eigenvalue weighted by atomic mass is 16.3. The maximum Gasteiger partial charge on any atom is 0.204 e. The number of carbonyl (C=O) groups excluding carboxylic acids is 1. The Hall–Kier alpha value is -3.29. The standard InChI is InChI=1S/C13H10O8/c14-5-2-1-4(10(18)13(5)21)9(17)8-11(19)6(15)3-7(16)12(8)20/h1-3,14-16,18-21H. The Morgan fingerprint density at radius 1 is 0.667 bits per heavy atom. The van der Waals surface area contributed by atoms with E-state index < -0.39 is 57.2 Å². The summed E-state index contributed by atoms with van der Waals surface area (Å²) in [6.07, 6.45) is 0. The molecule has 7 N–H and O–H groups in total. The molecule has 0 radical (unpaired) electrons. The number of carbonyl (C=O) groups is 1. The summed E-state index contributed by atoms with van der Waals surface area (Å²) in [5, 5.41) is 66.1. The molecule has 0 bridgehead atoms. The highest BCUT2D eigenvalue weighted by Crippen LogP contribution is 2.45. The van der Waals surface area contributed by atoms with Gasteiger partial charge in [-0.1, -0.05) is 0 Å². The lowest BCUT2D eigenvalue weighted by atomic mass is 9.99. The van der Waals surface area contributed by atoms with Gasteiger partial charge in [0.15, 0.2) is 34.5 Å². The fourth-order valence-electron chi connectivity index (χ4n) is 1.74. The molecule has 0 amide bonds. The molecule has 0 saturated heterocycles. The number of phenols is 7. The van der Waals surface area contributed by atoms with Gasteiger partial charge < -0.3 is 35.7 Å². The molecular formula is C13H10O8. The Morgan fingerprint density at radius 2 is 1.19 bits per heavy atom. The molecular weight excluding hydrogens is 284 g/mol. The van der Waals surface area contributed by atoms with Crippen LogP contribution in [0.1, 0.15) is 15.9 Å². The smallest absolute Gasteiger partial charge is 0.204 e. The molecule has 0 atom stereocenters. The summed E-state index contributed by atoms with van der Waals surface area (Å²) < 4.78 is 0. The number of rotatable bonds is 2. The van der Waals surface area contributed by atoms with E-state index in [4.69, 9.17) is 0 Å². The van der Waals surface area contributed by atoms with Crippen LogP contribution in [0.2, 0.25) is 0 Å². The van der Waals surface area contributed by atoms with Crippen LogP contribution in [-0.4, -0.2) is 41.5 Å². The zero-order valence-corrected chi connectivity index (χ0v) is 10.3. The average molecular weight is 294 g/mol. The molecule has 0 saturated carbocycles. The molecule has 2 aromatic rings. The van der Waals surface area contributed by atoms with Crippen LogP contribution in [0.4, 0.5) is 0 Å². The predicted molar refractivity (Wildman–Crippen MR) is 68.0 cm³/mol. The van der Waals surface area contributed by atoms with Crippen LogP contribution in [0.25, 0.3) is 0 Å². The van der Waals surface area contributed by atoms with Crippen molar-refractivity contribution in [1.29, 1.82) is 0 Å². The van der Waals surface area contributed by atoms with Crippen molar-refractivity contribution in [2.24, 2.45) is 0 Å². The summed E-state index contributed by atoms with van der Waals surface area (Å²) in [4.78, 5) is 12.2. The van der Waals surface area contributed by atoms with Crippen molar-refractivity contribution >= 4 is 5.78 Å². The maximum atomic E-state index is 12.2. The summed E-state index contributed by atoms with van der Waals surface area (Å²) >= 11 is 0. The van der Waals surface area contributed by atoms with Gasteiger partial charge in [-0.15, -0.1) is 0 Å². The van der Waals surface area contributed by atoms with Gasteiger partial charge in [0.1, 0.15) is 5.56 Å². The molecule has 21 heavy (non-hydrogen) atoms. The summed E-state index contributed by atoms with van der Waals surface area (Å²) in [6.45, 7) is 0. The van der Waals surface area contributed by atoms with E-state index in [0.29, 0.717) is 6.07 Å². The first-order valence-electron chi connectivity index (χ1n) is 5.51. The third-order valence-electron chi connectivity index (χ3n) is 2.83. The number of ketones is 1. The minimum atomic E-state index is -1.19. The average Bonchev–Trinajstić information content (AvgIpc) is 2.43. The van der Waals surface area contributed by atoms with Crippen molar-refractivity contribution in [1.82, 2.24) is 0 Å². The van der Waals surface area contributed by atoms with Crippen molar-refractivity contribution in [3.8, 4) is 40.2 Å². The Kier molecular flexibility index (Phi) is 3.14. The summed E-state index contributed by atoms with van der Waals surface area (Å²) in [6, 6.07) is 2.45. The lowest BCUT2D eigenvalue weighted by molar-refractivity contribution is 0.102. The zero-order valence-electron chi connectivity index (χ0n) is 10.3. The van der Waals surface area contributed by atoms with E-state index in [1.54, 1.807) is 0 Å². The second kappa shape index (κ2) is 4.67. The van der Waals surface area contributed by atoms with E-state index in [0.717, 1.165) is 12.1 Å². The van der Waals surface area contributed by atoms with Crippen molar-refractivity contribution in [3.05, 3.63) is 29.3 Å². The Bertz CT molecular complexity index is 724. The van der Waals surface area contributed by atoms with Gasteiger partial charge in [0, 0.05) is 6.07 Å². The van der Waals surface area contributed by atoms with E-state index in [9.17, 15) is 40.5 Å². The first-order valence-corrected chi connectivity index (χ1v) is 5.51. The Labute approximate surface area is 117 Å². The number of hydrogen-bond donors (Lipinski definition) is 7. The van der Waals surface area contributed by atoms with Crippen molar-refractivity contribution < 1.29 is 40.5 Å². The molecule has 0 aliphatic heterocycles. The molecule has 0 aliphatic carbocycles. The molecule has 0 fully saturated rings. The topological polar surface area (TPSA) is 159 Å². The van der Waals surface area contributed by atoms with E-state index in [2.05, 4.69) is 0 Å². The van der Waals surface area contributed by atoms with Crippen molar-refractivity contribution in [2.45, 2.75) is 0 Å². The summed E-state index contributed by atoms with van der Waals surface area (Å²) in [5.41, 5.74) is -1.44. The molecule has 0 heterocycles. The second-order valence-corrected chi connectivity index (χ2v) is 4.15. The maximum absolute atomic E-state index is 12.2. The lowest BCUT2D eigenvalue weighted by Gasteiger charge is -2.11. The van der Waals surface area contributed by atoms with Crippen molar-refractivity contribution in [3.63, 3.8) is 0 Å². The third kappa shape index (κ3) is 2.08. The fourth-order valence-corrected chi connectivity index (χ4v) is 1.74. The van der Waals surface area contributed by atoms with Gasteiger partial charge in [0.25, 0.3) is 0 Å². The van der Waals surface area contributed by atoms with Gasteiger partial charge >= 0.3 is 0 Å². The van der Waals surface area contributed by atoms with Crippen LogP contribution in [0.15, 0.2) is 18.2 Å². The molecule has 8 heteroatoms. The highest BCUT2D eigenvalue weighted by molar-refractivity contribution is 6.15. The van der Waals surface area contributed by atoms with E-state index in [1.165, 1.54) is 0 Å². The molecule has 110 valence electrons. The van der Waals surface area contributed by atoms with Gasteiger partial charge in [-0.2, -0.15) is 0 Å². The molecule has 0 unspecified atom stereocenters. The lowest BCUT2D eigenvalue weighted by Crippen LogP contribution is -2.03. The minimum absolute atomic E-state index is 0.569. The highest BCUT2D eigenvalue weighted by Gasteiger charge is 2.27. The predicted octanol–water partition coefficient (Wildman–Crippen LogP) is 0.857. The van der Waals surface area contributed by atoms with E-state index in [-0.39, 0.29) is 0 Å². The SMILES string of the molecule is O=C(c1ccc(O)c(O)c1O)c1c(O)c(O)cc(O)c1O. The van der Waals surface area contributed by atoms with E-state index >= 15 is 0 Å². The Balaban J connectivity index is 2.69. The molecule has 0 aliphatic rings. The molecule has 0 spiro atoms. The molecule has 0 aromatic heterocycles. The normalized spacial score (nSPS) is 10.5. The largest absolute Gasteiger partial charge is 0.504 e. The second-order valence-electron chi connectivity index (χ2n) is 4.15. The van der Waals surface area contributed by atoms with Gasteiger partial charge in [-0.25, -0.2) is 0 Å².